The third-order valence-electron chi connectivity index (χ3n) is 2.44. The molecule has 3 nitrogen and oxygen atoms in total. The summed E-state index contributed by atoms with van der Waals surface area (Å²) in [5.41, 5.74) is 1.91. The molecule has 82 valence electrons. The molecule has 1 atom stereocenters. The Morgan fingerprint density at radius 1 is 1.47 bits per heavy atom. The SMILES string of the molecule is CCCC(O)c1ccc(C(=O)O)cc1C. The lowest BCUT2D eigenvalue weighted by Gasteiger charge is -2.13. The number of aliphatic hydroxyl groups excluding tert-OH is 1. The van der Waals surface area contributed by atoms with Crippen molar-refractivity contribution in [1.82, 2.24) is 0 Å². The van der Waals surface area contributed by atoms with E-state index in [9.17, 15) is 9.90 Å². The Hall–Kier alpha value is -1.35. The average Bonchev–Trinajstić information content (AvgIpc) is 2.17. The summed E-state index contributed by atoms with van der Waals surface area (Å²) in [6.45, 7) is 3.82. The van der Waals surface area contributed by atoms with Crippen LogP contribution in [0.4, 0.5) is 0 Å². The Morgan fingerprint density at radius 3 is 2.60 bits per heavy atom. The first kappa shape index (κ1) is 11.7. The van der Waals surface area contributed by atoms with Gasteiger partial charge in [-0.2, -0.15) is 0 Å². The Bertz CT molecular complexity index is 358. The molecule has 0 aliphatic carbocycles. The van der Waals surface area contributed by atoms with E-state index in [0.29, 0.717) is 6.42 Å². The second-order valence-electron chi connectivity index (χ2n) is 3.68. The molecule has 1 aromatic carbocycles. The highest BCUT2D eigenvalue weighted by molar-refractivity contribution is 5.87. The zero-order valence-corrected chi connectivity index (χ0v) is 9.03. The van der Waals surface area contributed by atoms with Gasteiger partial charge in [0, 0.05) is 0 Å². The third-order valence-corrected chi connectivity index (χ3v) is 2.44. The number of rotatable bonds is 4. The van der Waals surface area contributed by atoms with Gasteiger partial charge in [-0.1, -0.05) is 19.4 Å². The number of benzene rings is 1. The van der Waals surface area contributed by atoms with E-state index in [4.69, 9.17) is 5.11 Å². The monoisotopic (exact) mass is 208 g/mol. The van der Waals surface area contributed by atoms with Crippen molar-refractivity contribution in [3.05, 3.63) is 34.9 Å². The summed E-state index contributed by atoms with van der Waals surface area (Å²) in [5.74, 6) is -0.936. The maximum atomic E-state index is 10.7. The number of carboxylic acids is 1. The maximum Gasteiger partial charge on any atom is 0.335 e. The van der Waals surface area contributed by atoms with Crippen molar-refractivity contribution >= 4 is 5.97 Å². The van der Waals surface area contributed by atoms with E-state index in [1.165, 1.54) is 6.07 Å². The lowest BCUT2D eigenvalue weighted by molar-refractivity contribution is 0.0696. The molecule has 0 spiro atoms. The fraction of sp³-hybridized carbons (Fsp3) is 0.417. The fourth-order valence-electron chi connectivity index (χ4n) is 1.61. The molecule has 0 aliphatic rings. The van der Waals surface area contributed by atoms with E-state index in [2.05, 4.69) is 0 Å². The quantitative estimate of drug-likeness (QED) is 0.799. The fourth-order valence-corrected chi connectivity index (χ4v) is 1.61. The van der Waals surface area contributed by atoms with Crippen LogP contribution in [-0.4, -0.2) is 16.2 Å². The molecular formula is C12H16O3. The summed E-state index contributed by atoms with van der Waals surface area (Å²) in [4.78, 5) is 10.7. The van der Waals surface area contributed by atoms with Crippen LogP contribution in [0.15, 0.2) is 18.2 Å². The highest BCUT2D eigenvalue weighted by atomic mass is 16.4. The molecule has 0 amide bonds. The number of aryl methyl sites for hydroxylation is 1. The van der Waals surface area contributed by atoms with Crippen molar-refractivity contribution in [3.8, 4) is 0 Å². The number of carbonyl (C=O) groups is 1. The molecular weight excluding hydrogens is 192 g/mol. The van der Waals surface area contributed by atoms with E-state index in [-0.39, 0.29) is 5.56 Å². The molecule has 1 rings (SSSR count). The highest BCUT2D eigenvalue weighted by Gasteiger charge is 2.11. The topological polar surface area (TPSA) is 57.5 Å². The van der Waals surface area contributed by atoms with Gasteiger partial charge in [0.1, 0.15) is 0 Å². The van der Waals surface area contributed by atoms with Crippen LogP contribution < -0.4 is 0 Å². The molecule has 0 saturated carbocycles. The van der Waals surface area contributed by atoms with E-state index in [1.54, 1.807) is 12.1 Å². The first-order chi connectivity index (χ1) is 7.06. The Morgan fingerprint density at radius 2 is 2.13 bits per heavy atom. The van der Waals surface area contributed by atoms with Gasteiger partial charge in [-0.25, -0.2) is 4.79 Å². The van der Waals surface area contributed by atoms with Crippen LogP contribution in [0.3, 0.4) is 0 Å². The van der Waals surface area contributed by atoms with Gasteiger partial charge in [0.05, 0.1) is 11.7 Å². The van der Waals surface area contributed by atoms with Crippen molar-refractivity contribution in [3.63, 3.8) is 0 Å². The first-order valence-electron chi connectivity index (χ1n) is 5.08. The van der Waals surface area contributed by atoms with Crippen molar-refractivity contribution in [2.75, 3.05) is 0 Å². The van der Waals surface area contributed by atoms with Crippen LogP contribution in [0, 0.1) is 6.92 Å². The lowest BCUT2D eigenvalue weighted by atomic mass is 9.98. The number of aromatic carboxylic acids is 1. The van der Waals surface area contributed by atoms with Crippen LogP contribution >= 0.6 is 0 Å². The molecule has 1 unspecified atom stereocenters. The van der Waals surface area contributed by atoms with Crippen LogP contribution in [-0.2, 0) is 0 Å². The van der Waals surface area contributed by atoms with E-state index >= 15 is 0 Å². The molecule has 0 saturated heterocycles. The van der Waals surface area contributed by atoms with Gasteiger partial charge in [0.15, 0.2) is 0 Å². The lowest BCUT2D eigenvalue weighted by Crippen LogP contribution is -2.03. The Balaban J connectivity index is 2.97. The predicted molar refractivity (Wildman–Crippen MR) is 58.0 cm³/mol. The zero-order valence-electron chi connectivity index (χ0n) is 9.03. The van der Waals surface area contributed by atoms with Gasteiger partial charge >= 0.3 is 5.97 Å². The van der Waals surface area contributed by atoms with Gasteiger partial charge < -0.3 is 10.2 Å². The van der Waals surface area contributed by atoms with Gasteiger partial charge in [0.2, 0.25) is 0 Å². The minimum absolute atomic E-state index is 0.264. The van der Waals surface area contributed by atoms with Crippen molar-refractivity contribution in [2.24, 2.45) is 0 Å². The molecule has 0 radical (unpaired) electrons. The molecule has 3 heteroatoms. The number of hydrogen-bond donors (Lipinski definition) is 2. The van der Waals surface area contributed by atoms with Crippen molar-refractivity contribution in [2.45, 2.75) is 32.8 Å². The summed E-state index contributed by atoms with van der Waals surface area (Å²) in [6, 6.07) is 4.82. The Labute approximate surface area is 89.4 Å². The van der Waals surface area contributed by atoms with E-state index in [1.807, 2.05) is 13.8 Å². The van der Waals surface area contributed by atoms with Gasteiger partial charge in [0.25, 0.3) is 0 Å². The third kappa shape index (κ3) is 2.80. The van der Waals surface area contributed by atoms with Crippen LogP contribution in [0.5, 0.6) is 0 Å². The van der Waals surface area contributed by atoms with E-state index in [0.717, 1.165) is 17.5 Å². The minimum atomic E-state index is -0.936. The minimum Gasteiger partial charge on any atom is -0.478 e. The van der Waals surface area contributed by atoms with Crippen LogP contribution in [0.1, 0.15) is 47.4 Å². The largest absolute Gasteiger partial charge is 0.478 e. The molecule has 0 heterocycles. The first-order valence-corrected chi connectivity index (χ1v) is 5.08. The van der Waals surface area contributed by atoms with Crippen molar-refractivity contribution in [1.29, 1.82) is 0 Å². The van der Waals surface area contributed by atoms with Crippen LogP contribution in [0.25, 0.3) is 0 Å². The average molecular weight is 208 g/mol. The molecule has 0 bridgehead atoms. The van der Waals surface area contributed by atoms with Gasteiger partial charge in [-0.05, 0) is 36.6 Å². The predicted octanol–water partition coefficient (Wildman–Crippen LogP) is 2.53. The molecule has 0 aliphatic heterocycles. The van der Waals surface area contributed by atoms with E-state index < -0.39 is 12.1 Å². The standard InChI is InChI=1S/C12H16O3/c1-3-4-11(13)10-6-5-9(12(14)15)7-8(10)2/h5-7,11,13H,3-4H2,1-2H3,(H,14,15). The number of aliphatic hydroxyl groups is 1. The van der Waals surface area contributed by atoms with Crippen molar-refractivity contribution < 1.29 is 15.0 Å². The zero-order chi connectivity index (χ0) is 11.4. The smallest absolute Gasteiger partial charge is 0.335 e. The summed E-state index contributed by atoms with van der Waals surface area (Å²) in [7, 11) is 0. The van der Waals surface area contributed by atoms with Gasteiger partial charge in [-0.15, -0.1) is 0 Å². The summed E-state index contributed by atoms with van der Waals surface area (Å²) in [5, 5.41) is 18.6. The second kappa shape index (κ2) is 4.94. The summed E-state index contributed by atoms with van der Waals surface area (Å²) >= 11 is 0. The number of hydrogen-bond acceptors (Lipinski definition) is 2. The molecule has 2 N–H and O–H groups in total. The summed E-state index contributed by atoms with van der Waals surface area (Å²) < 4.78 is 0. The molecule has 15 heavy (non-hydrogen) atoms. The molecule has 1 aromatic rings. The highest BCUT2D eigenvalue weighted by Crippen LogP contribution is 2.22. The normalized spacial score (nSPS) is 12.5. The Kier molecular flexibility index (Phi) is 3.86. The summed E-state index contributed by atoms with van der Waals surface area (Å²) in [6.07, 6.45) is 1.12. The molecule has 0 aromatic heterocycles. The molecule has 0 fully saturated rings. The van der Waals surface area contributed by atoms with Gasteiger partial charge in [-0.3, -0.25) is 0 Å². The van der Waals surface area contributed by atoms with Crippen LogP contribution in [0.2, 0.25) is 0 Å². The second-order valence-corrected chi connectivity index (χ2v) is 3.68. The maximum absolute atomic E-state index is 10.7. The number of carboxylic acid groups (broad SMARTS) is 1.